The zero-order chi connectivity index (χ0) is 18.1. The third-order valence-electron chi connectivity index (χ3n) is 3.98. The van der Waals surface area contributed by atoms with Gasteiger partial charge in [0.25, 0.3) is 0 Å². The second-order valence-corrected chi connectivity index (χ2v) is 8.28. The molecule has 134 valence electrons. The quantitative estimate of drug-likeness (QED) is 0.793. The molecule has 0 radical (unpaired) electrons. The zero-order valence-electron chi connectivity index (χ0n) is 14.9. The van der Waals surface area contributed by atoms with Gasteiger partial charge in [-0.25, -0.2) is 9.78 Å². The van der Waals surface area contributed by atoms with Gasteiger partial charge >= 0.3 is 6.09 Å². The number of aryl methyl sites for hydroxylation is 1. The van der Waals surface area contributed by atoms with Crippen molar-refractivity contribution in [1.29, 1.82) is 0 Å². The number of anilines is 2. The normalized spacial score (nSPS) is 17.5. The molecule has 2 rings (SSSR count). The number of ether oxygens (including phenoxy) is 1. The Hall–Kier alpha value is -1.57. The van der Waals surface area contributed by atoms with E-state index in [2.05, 4.69) is 36.1 Å². The van der Waals surface area contributed by atoms with Crippen molar-refractivity contribution in [1.82, 2.24) is 15.3 Å². The molecule has 1 aliphatic rings. The summed E-state index contributed by atoms with van der Waals surface area (Å²) >= 11 is 3.38. The summed E-state index contributed by atoms with van der Waals surface area (Å²) in [4.78, 5) is 22.9. The standard InChI is InChI=1S/C16H26BrN5O2/c1-10-11(17)12(18)20-13(19-10)22-8-6-16(5,7-9-22)21-14(23)24-15(2,3)4/h6-9H2,1-5H3,(H,21,23)(H2,18,19,20). The maximum atomic E-state index is 12.0. The first-order valence-electron chi connectivity index (χ1n) is 8.05. The smallest absolute Gasteiger partial charge is 0.408 e. The molecule has 2 heterocycles. The van der Waals surface area contributed by atoms with Crippen LogP contribution in [0.1, 0.15) is 46.2 Å². The Labute approximate surface area is 151 Å². The van der Waals surface area contributed by atoms with Crippen LogP contribution in [0.3, 0.4) is 0 Å². The number of hydrogen-bond acceptors (Lipinski definition) is 6. The fourth-order valence-corrected chi connectivity index (χ4v) is 2.76. The molecule has 0 atom stereocenters. The molecule has 7 nitrogen and oxygen atoms in total. The summed E-state index contributed by atoms with van der Waals surface area (Å²) in [6, 6.07) is 0. The Morgan fingerprint density at radius 1 is 1.33 bits per heavy atom. The number of piperidine rings is 1. The molecule has 0 bridgehead atoms. The maximum absolute atomic E-state index is 12.0. The van der Waals surface area contributed by atoms with Crippen LogP contribution < -0.4 is 16.0 Å². The van der Waals surface area contributed by atoms with E-state index in [0.29, 0.717) is 11.8 Å². The molecule has 0 aromatic carbocycles. The maximum Gasteiger partial charge on any atom is 0.408 e. The molecule has 1 saturated heterocycles. The molecule has 1 aliphatic heterocycles. The number of nitrogen functional groups attached to an aromatic ring is 1. The van der Waals surface area contributed by atoms with Crippen LogP contribution in [-0.2, 0) is 4.74 Å². The molecular weight excluding hydrogens is 374 g/mol. The predicted molar refractivity (Wildman–Crippen MR) is 98.1 cm³/mol. The summed E-state index contributed by atoms with van der Waals surface area (Å²) in [5, 5.41) is 2.99. The lowest BCUT2D eigenvalue weighted by Crippen LogP contribution is -2.54. The Kier molecular flexibility index (Phi) is 5.27. The van der Waals surface area contributed by atoms with Gasteiger partial charge in [-0.3, -0.25) is 0 Å². The van der Waals surface area contributed by atoms with Crippen LogP contribution in [0, 0.1) is 6.92 Å². The van der Waals surface area contributed by atoms with Gasteiger partial charge in [0.2, 0.25) is 5.95 Å². The molecule has 1 amide bonds. The predicted octanol–water partition coefficient (Wildman–Crippen LogP) is 3.01. The van der Waals surface area contributed by atoms with Gasteiger partial charge in [-0.15, -0.1) is 0 Å². The third-order valence-corrected chi connectivity index (χ3v) is 4.96. The Morgan fingerprint density at radius 3 is 2.42 bits per heavy atom. The zero-order valence-corrected chi connectivity index (χ0v) is 16.5. The average molecular weight is 400 g/mol. The highest BCUT2D eigenvalue weighted by atomic mass is 79.9. The molecule has 24 heavy (non-hydrogen) atoms. The highest BCUT2D eigenvalue weighted by Crippen LogP contribution is 2.28. The molecule has 0 saturated carbocycles. The van der Waals surface area contributed by atoms with Gasteiger partial charge in [-0.1, -0.05) is 0 Å². The second kappa shape index (κ2) is 6.74. The van der Waals surface area contributed by atoms with E-state index in [1.807, 2.05) is 34.6 Å². The Bertz CT molecular complexity index is 598. The van der Waals surface area contributed by atoms with Crippen molar-refractivity contribution in [2.24, 2.45) is 0 Å². The molecule has 1 aromatic rings. The van der Waals surface area contributed by atoms with E-state index < -0.39 is 5.60 Å². The molecular formula is C16H26BrN5O2. The number of carbonyl (C=O) groups is 1. The average Bonchev–Trinajstić information content (AvgIpc) is 2.42. The Morgan fingerprint density at radius 2 is 1.92 bits per heavy atom. The molecule has 0 unspecified atom stereocenters. The third kappa shape index (κ3) is 4.72. The van der Waals surface area contributed by atoms with Gasteiger partial charge < -0.3 is 20.7 Å². The SMILES string of the molecule is Cc1nc(N2CCC(C)(NC(=O)OC(C)(C)C)CC2)nc(N)c1Br. The summed E-state index contributed by atoms with van der Waals surface area (Å²) in [6.45, 7) is 11.0. The number of halogens is 1. The number of rotatable bonds is 2. The first-order valence-corrected chi connectivity index (χ1v) is 8.84. The van der Waals surface area contributed by atoms with Crippen molar-refractivity contribution in [3.05, 3.63) is 10.2 Å². The van der Waals surface area contributed by atoms with Crippen LogP contribution in [0.4, 0.5) is 16.6 Å². The number of amides is 1. The fourth-order valence-electron chi connectivity index (χ4n) is 2.58. The van der Waals surface area contributed by atoms with E-state index in [-0.39, 0.29) is 11.6 Å². The number of hydrogen-bond donors (Lipinski definition) is 2. The van der Waals surface area contributed by atoms with Gasteiger partial charge in [-0.05, 0) is 63.4 Å². The fraction of sp³-hybridized carbons (Fsp3) is 0.688. The summed E-state index contributed by atoms with van der Waals surface area (Å²) < 4.78 is 6.09. The first-order chi connectivity index (χ1) is 11.0. The van der Waals surface area contributed by atoms with Gasteiger partial charge in [0.1, 0.15) is 11.4 Å². The van der Waals surface area contributed by atoms with Gasteiger partial charge in [0, 0.05) is 18.6 Å². The minimum absolute atomic E-state index is 0.297. The van der Waals surface area contributed by atoms with Crippen LogP contribution in [0.25, 0.3) is 0 Å². The number of aromatic nitrogens is 2. The van der Waals surface area contributed by atoms with Crippen molar-refractivity contribution < 1.29 is 9.53 Å². The van der Waals surface area contributed by atoms with Crippen LogP contribution in [-0.4, -0.2) is 40.3 Å². The van der Waals surface area contributed by atoms with E-state index in [4.69, 9.17) is 10.5 Å². The van der Waals surface area contributed by atoms with Gasteiger partial charge in [0.15, 0.2) is 0 Å². The number of nitrogens with zero attached hydrogens (tertiary/aromatic N) is 3. The lowest BCUT2D eigenvalue weighted by atomic mass is 9.90. The second-order valence-electron chi connectivity index (χ2n) is 7.48. The van der Waals surface area contributed by atoms with Crippen LogP contribution in [0.5, 0.6) is 0 Å². The van der Waals surface area contributed by atoms with Crippen molar-refractivity contribution in [2.75, 3.05) is 23.7 Å². The van der Waals surface area contributed by atoms with Crippen molar-refractivity contribution in [2.45, 2.75) is 58.6 Å². The van der Waals surface area contributed by atoms with Gasteiger partial charge in [0.05, 0.1) is 10.2 Å². The number of alkyl carbamates (subject to hydrolysis) is 1. The van der Waals surface area contributed by atoms with E-state index in [9.17, 15) is 4.79 Å². The van der Waals surface area contributed by atoms with Crippen LogP contribution >= 0.6 is 15.9 Å². The molecule has 1 fully saturated rings. The highest BCUT2D eigenvalue weighted by Gasteiger charge is 2.34. The highest BCUT2D eigenvalue weighted by molar-refractivity contribution is 9.10. The summed E-state index contributed by atoms with van der Waals surface area (Å²) in [6.07, 6.45) is 1.19. The molecule has 1 aromatic heterocycles. The summed E-state index contributed by atoms with van der Waals surface area (Å²) in [7, 11) is 0. The lowest BCUT2D eigenvalue weighted by Gasteiger charge is -2.40. The van der Waals surface area contributed by atoms with Crippen molar-refractivity contribution >= 4 is 33.8 Å². The van der Waals surface area contributed by atoms with E-state index in [0.717, 1.165) is 36.1 Å². The molecule has 8 heteroatoms. The number of carbonyl (C=O) groups excluding carboxylic acids is 1. The Balaban J connectivity index is 1.99. The van der Waals surface area contributed by atoms with Crippen molar-refractivity contribution in [3.63, 3.8) is 0 Å². The molecule has 0 spiro atoms. The molecule has 3 N–H and O–H groups in total. The lowest BCUT2D eigenvalue weighted by molar-refractivity contribution is 0.0448. The monoisotopic (exact) mass is 399 g/mol. The van der Waals surface area contributed by atoms with E-state index in [1.165, 1.54) is 0 Å². The summed E-state index contributed by atoms with van der Waals surface area (Å²) in [5.41, 5.74) is 5.93. The van der Waals surface area contributed by atoms with E-state index in [1.54, 1.807) is 0 Å². The minimum Gasteiger partial charge on any atom is -0.444 e. The number of nitrogens with two attached hydrogens (primary N) is 1. The van der Waals surface area contributed by atoms with E-state index >= 15 is 0 Å². The van der Waals surface area contributed by atoms with Crippen molar-refractivity contribution in [3.8, 4) is 0 Å². The topological polar surface area (TPSA) is 93.4 Å². The van der Waals surface area contributed by atoms with Gasteiger partial charge in [-0.2, -0.15) is 4.98 Å². The minimum atomic E-state index is -0.499. The van der Waals surface area contributed by atoms with Crippen LogP contribution in [0.2, 0.25) is 0 Å². The first kappa shape index (κ1) is 18.8. The van der Waals surface area contributed by atoms with Crippen LogP contribution in [0.15, 0.2) is 4.47 Å². The summed E-state index contributed by atoms with van der Waals surface area (Å²) in [5.74, 6) is 1.07. The largest absolute Gasteiger partial charge is 0.444 e. The number of nitrogens with one attached hydrogen (secondary N) is 1. The molecule has 0 aliphatic carbocycles.